The number of piperidine rings is 2. The van der Waals surface area contributed by atoms with Crippen molar-refractivity contribution in [2.45, 2.75) is 70.0 Å². The molecule has 0 bridgehead atoms. The van der Waals surface area contributed by atoms with E-state index in [1.165, 1.54) is 11.6 Å². The second-order valence-electron chi connectivity index (χ2n) is 17.7. The number of rotatable bonds is 12. The van der Waals surface area contributed by atoms with Crippen LogP contribution in [-0.2, 0) is 25.7 Å². The van der Waals surface area contributed by atoms with Crippen LogP contribution in [0.1, 0.15) is 81.8 Å². The number of nitrogens with one attached hydrogen (secondary N) is 2. The number of hydrogen-bond acceptors (Lipinski definition) is 10. The van der Waals surface area contributed by atoms with Crippen LogP contribution in [0.5, 0.6) is 0 Å². The number of nitrogens with zero attached hydrogens (tertiary/aromatic N) is 6. The standard InChI is InChI=1S/C47H57FN8O6/c1-30-6-4-8-37(48)35(30)27-52-28-36(40(29-52)51(2)3)32-11-13-33(14-12-32)53-22-24-55(25-23-53)42(58)17-10-31-18-20-54(21-19-31)43(59)26-49-38-9-5-7-34-44(38)47(62)56(46(34)61)39-15-16-41(57)50-45(39)60/h4-9,11-14,31,36,39-40,49H,10,15-29H2,1-3H3,(H,50,57,60)/t36-,39?,40+/m1/s1. The van der Waals surface area contributed by atoms with Gasteiger partial charge in [-0.3, -0.25) is 43.9 Å². The summed E-state index contributed by atoms with van der Waals surface area (Å²) in [5, 5.41) is 5.26. The number of carbonyl (C=O) groups is 6. The lowest BCUT2D eigenvalue weighted by Crippen LogP contribution is -2.54. The van der Waals surface area contributed by atoms with E-state index >= 15 is 0 Å². The van der Waals surface area contributed by atoms with Gasteiger partial charge >= 0.3 is 0 Å². The predicted octanol–water partition coefficient (Wildman–Crippen LogP) is 3.84. The van der Waals surface area contributed by atoms with Crippen LogP contribution in [0.2, 0.25) is 0 Å². The Balaban J connectivity index is 0.757. The molecule has 3 aromatic rings. The van der Waals surface area contributed by atoms with Gasteiger partial charge in [0.05, 0.1) is 17.7 Å². The minimum Gasteiger partial charge on any atom is -0.375 e. The minimum absolute atomic E-state index is 0.0343. The van der Waals surface area contributed by atoms with E-state index in [9.17, 15) is 33.2 Å². The molecule has 5 heterocycles. The van der Waals surface area contributed by atoms with Crippen molar-refractivity contribution in [2.24, 2.45) is 5.92 Å². The Morgan fingerprint density at radius 1 is 0.823 bits per heavy atom. The molecule has 328 valence electrons. The van der Waals surface area contributed by atoms with Gasteiger partial charge < -0.3 is 24.9 Å². The van der Waals surface area contributed by atoms with Crippen molar-refractivity contribution >= 4 is 46.8 Å². The van der Waals surface area contributed by atoms with Crippen molar-refractivity contribution in [2.75, 3.05) is 83.2 Å². The van der Waals surface area contributed by atoms with Crippen LogP contribution in [-0.4, -0.2) is 145 Å². The zero-order valence-corrected chi connectivity index (χ0v) is 35.9. The number of benzene rings is 3. The van der Waals surface area contributed by atoms with Crippen LogP contribution < -0.4 is 15.5 Å². The molecule has 5 aliphatic rings. The maximum atomic E-state index is 14.7. The highest BCUT2D eigenvalue weighted by molar-refractivity contribution is 6.25. The second kappa shape index (κ2) is 18.4. The van der Waals surface area contributed by atoms with Gasteiger partial charge in [-0.15, -0.1) is 0 Å². The maximum absolute atomic E-state index is 14.7. The average Bonchev–Trinajstić information content (AvgIpc) is 3.82. The number of fused-ring (bicyclic) bond motifs is 1. The summed E-state index contributed by atoms with van der Waals surface area (Å²) in [7, 11) is 4.24. The molecule has 62 heavy (non-hydrogen) atoms. The molecule has 2 N–H and O–H groups in total. The molecule has 6 amide bonds. The van der Waals surface area contributed by atoms with Gasteiger partial charge in [-0.05, 0) is 94.1 Å². The summed E-state index contributed by atoms with van der Waals surface area (Å²) in [5.74, 6) is -1.77. The molecule has 14 nitrogen and oxygen atoms in total. The smallest absolute Gasteiger partial charge is 0.264 e. The van der Waals surface area contributed by atoms with Crippen molar-refractivity contribution in [3.63, 3.8) is 0 Å². The third-order valence-electron chi connectivity index (χ3n) is 13.7. The molecular weight excluding hydrogens is 792 g/mol. The van der Waals surface area contributed by atoms with Gasteiger partial charge in [-0.25, -0.2) is 4.39 Å². The predicted molar refractivity (Wildman–Crippen MR) is 232 cm³/mol. The lowest BCUT2D eigenvalue weighted by atomic mass is 9.92. The molecule has 0 aliphatic carbocycles. The highest BCUT2D eigenvalue weighted by Gasteiger charge is 2.46. The fourth-order valence-corrected chi connectivity index (χ4v) is 9.98. The fraction of sp³-hybridized carbons (Fsp3) is 0.489. The molecular formula is C47H57FN8O6. The summed E-state index contributed by atoms with van der Waals surface area (Å²) in [6.45, 7) is 8.31. The van der Waals surface area contributed by atoms with Crippen molar-refractivity contribution in [3.05, 3.63) is 94.3 Å². The second-order valence-corrected chi connectivity index (χ2v) is 17.7. The number of piperazine rings is 1. The lowest BCUT2D eigenvalue weighted by molar-refractivity contribution is -0.136. The third-order valence-corrected chi connectivity index (χ3v) is 13.7. The van der Waals surface area contributed by atoms with E-state index in [0.29, 0.717) is 62.7 Å². The van der Waals surface area contributed by atoms with E-state index in [4.69, 9.17) is 0 Å². The summed E-state index contributed by atoms with van der Waals surface area (Å²) >= 11 is 0. The van der Waals surface area contributed by atoms with Gasteiger partial charge in [0, 0.05) is 101 Å². The van der Waals surface area contributed by atoms with Crippen molar-refractivity contribution in [1.82, 2.24) is 29.8 Å². The van der Waals surface area contributed by atoms with Gasteiger partial charge in [-0.1, -0.05) is 30.3 Å². The first-order valence-corrected chi connectivity index (χ1v) is 22.0. The van der Waals surface area contributed by atoms with Gasteiger partial charge in [0.2, 0.25) is 23.6 Å². The molecule has 0 aromatic heterocycles. The van der Waals surface area contributed by atoms with E-state index in [-0.39, 0.29) is 48.1 Å². The number of imide groups is 2. The van der Waals surface area contributed by atoms with Gasteiger partial charge in [0.15, 0.2) is 0 Å². The van der Waals surface area contributed by atoms with E-state index < -0.39 is 29.7 Å². The van der Waals surface area contributed by atoms with Crippen LogP contribution in [0.15, 0.2) is 60.7 Å². The highest BCUT2D eigenvalue weighted by Crippen LogP contribution is 2.35. The minimum atomic E-state index is -1.07. The number of likely N-dealkylation sites (tertiary alicyclic amines) is 2. The van der Waals surface area contributed by atoms with Crippen LogP contribution in [0.25, 0.3) is 0 Å². The normalized spacial score (nSPS) is 22.4. The highest BCUT2D eigenvalue weighted by atomic mass is 19.1. The summed E-state index contributed by atoms with van der Waals surface area (Å²) in [6.07, 6.45) is 2.97. The SMILES string of the molecule is Cc1cccc(F)c1CN1C[C@H](c2ccc(N3CCN(C(=O)CCC4CCN(C(=O)CNc5cccc6c5C(=O)N(C5CCC(=O)NC5=O)C6=O)CC4)CC3)cc2)[C@@H](N(C)C)C1. The maximum Gasteiger partial charge on any atom is 0.264 e. The monoisotopic (exact) mass is 848 g/mol. The summed E-state index contributed by atoms with van der Waals surface area (Å²) in [6, 6.07) is 18.2. The number of amides is 6. The van der Waals surface area contributed by atoms with Crippen LogP contribution in [0.4, 0.5) is 15.8 Å². The van der Waals surface area contributed by atoms with Crippen molar-refractivity contribution < 1.29 is 33.2 Å². The van der Waals surface area contributed by atoms with Crippen molar-refractivity contribution in [3.8, 4) is 0 Å². The molecule has 3 atom stereocenters. The number of carbonyl (C=O) groups excluding carboxylic acids is 6. The Bertz CT molecular complexity index is 2200. The zero-order chi connectivity index (χ0) is 43.7. The fourth-order valence-electron chi connectivity index (χ4n) is 9.98. The molecule has 15 heteroatoms. The summed E-state index contributed by atoms with van der Waals surface area (Å²) in [5.41, 5.74) is 4.82. The number of likely N-dealkylation sites (N-methyl/N-ethyl adjacent to an activating group) is 1. The first-order valence-electron chi connectivity index (χ1n) is 22.0. The number of halogens is 1. The molecule has 0 saturated carbocycles. The number of aryl methyl sites for hydroxylation is 1. The number of anilines is 2. The topological polar surface area (TPSA) is 146 Å². The van der Waals surface area contributed by atoms with Gasteiger partial charge in [-0.2, -0.15) is 0 Å². The molecule has 5 aliphatic heterocycles. The summed E-state index contributed by atoms with van der Waals surface area (Å²) < 4.78 is 14.7. The molecule has 0 radical (unpaired) electrons. The van der Waals surface area contributed by atoms with E-state index in [1.807, 2.05) is 17.9 Å². The summed E-state index contributed by atoms with van der Waals surface area (Å²) in [4.78, 5) is 89.0. The van der Waals surface area contributed by atoms with E-state index in [1.54, 1.807) is 29.2 Å². The Kier molecular flexibility index (Phi) is 12.7. The quantitative estimate of drug-likeness (QED) is 0.258. The lowest BCUT2D eigenvalue weighted by Gasteiger charge is -2.37. The van der Waals surface area contributed by atoms with Crippen LogP contribution in [0, 0.1) is 18.7 Å². The molecule has 0 spiro atoms. The molecule has 3 aromatic carbocycles. The van der Waals surface area contributed by atoms with Crippen LogP contribution >= 0.6 is 0 Å². The van der Waals surface area contributed by atoms with Crippen LogP contribution in [0.3, 0.4) is 0 Å². The molecule has 4 fully saturated rings. The molecule has 8 rings (SSSR count). The Morgan fingerprint density at radius 3 is 2.23 bits per heavy atom. The first-order chi connectivity index (χ1) is 29.9. The van der Waals surface area contributed by atoms with E-state index in [2.05, 4.69) is 63.7 Å². The Hall–Kier alpha value is -5.67. The molecule has 1 unspecified atom stereocenters. The number of hydrogen-bond donors (Lipinski definition) is 2. The zero-order valence-electron chi connectivity index (χ0n) is 35.9. The van der Waals surface area contributed by atoms with Gasteiger partial charge in [0.25, 0.3) is 11.8 Å². The van der Waals surface area contributed by atoms with Gasteiger partial charge in [0.1, 0.15) is 11.9 Å². The molecule has 4 saturated heterocycles. The van der Waals surface area contributed by atoms with E-state index in [0.717, 1.165) is 67.2 Å². The Labute approximate surface area is 362 Å². The van der Waals surface area contributed by atoms with Crippen molar-refractivity contribution in [1.29, 1.82) is 0 Å². The average molecular weight is 849 g/mol. The third kappa shape index (κ3) is 8.96. The first kappa shape index (κ1) is 43.0. The largest absolute Gasteiger partial charge is 0.375 e. The Morgan fingerprint density at radius 2 is 1.53 bits per heavy atom.